The first-order valence-electron chi connectivity index (χ1n) is 5.68. The molecule has 1 aromatic carbocycles. The van der Waals surface area contributed by atoms with E-state index in [0.29, 0.717) is 0 Å². The normalized spacial score (nSPS) is 11.0. The van der Waals surface area contributed by atoms with Gasteiger partial charge in [-0.15, -0.1) is 0 Å². The number of para-hydroxylation sites is 1. The number of benzene rings is 1. The first-order valence-corrected chi connectivity index (χ1v) is 5.68. The summed E-state index contributed by atoms with van der Waals surface area (Å²) in [5.41, 5.74) is 9.38. The van der Waals surface area contributed by atoms with Crippen molar-refractivity contribution in [1.29, 1.82) is 0 Å². The minimum Gasteiger partial charge on any atom is -0.397 e. The lowest BCUT2D eigenvalue weighted by Gasteiger charge is -1.98. The maximum atomic E-state index is 6.09. The highest BCUT2D eigenvalue weighted by molar-refractivity contribution is 5.93. The third-order valence-electron chi connectivity index (χ3n) is 2.86. The number of fused-ring (bicyclic) bond motifs is 1. The molecule has 0 atom stereocenters. The summed E-state index contributed by atoms with van der Waals surface area (Å²) in [6.07, 6.45) is 4.80. The van der Waals surface area contributed by atoms with Crippen LogP contribution in [0.3, 0.4) is 0 Å². The Morgan fingerprint density at radius 3 is 2.73 bits per heavy atom. The molecule has 15 heavy (non-hydrogen) atoms. The number of nitrogen functional groups attached to an aromatic ring is 1. The van der Waals surface area contributed by atoms with Crippen LogP contribution in [-0.4, -0.2) is 4.98 Å². The number of anilines is 1. The number of aromatic nitrogens is 1. The molecule has 0 fully saturated rings. The minimum atomic E-state index is 0.932. The van der Waals surface area contributed by atoms with E-state index < -0.39 is 0 Å². The van der Waals surface area contributed by atoms with E-state index in [9.17, 15) is 0 Å². The molecule has 0 aliphatic heterocycles. The standard InChI is InChI=1S/C13H18N2/c1-2-3-4-9-12-13(14)10-7-5-6-8-11(10)15-12/h5-8,15H,2-4,9,14H2,1H3. The SMILES string of the molecule is CCCCCc1[nH]c2ccccc2c1N. The molecule has 3 N–H and O–H groups in total. The molecule has 80 valence electrons. The number of hydrogen-bond acceptors (Lipinski definition) is 1. The molecule has 1 aromatic heterocycles. The van der Waals surface area contributed by atoms with Gasteiger partial charge in [0, 0.05) is 16.6 Å². The van der Waals surface area contributed by atoms with E-state index in [1.54, 1.807) is 0 Å². The van der Waals surface area contributed by atoms with Crippen molar-refractivity contribution in [3.05, 3.63) is 30.0 Å². The summed E-state index contributed by atoms with van der Waals surface area (Å²) in [5.74, 6) is 0. The monoisotopic (exact) mass is 202 g/mol. The Morgan fingerprint density at radius 1 is 1.20 bits per heavy atom. The number of H-pyrrole nitrogens is 1. The lowest BCUT2D eigenvalue weighted by Crippen LogP contribution is -1.92. The smallest absolute Gasteiger partial charge is 0.0605 e. The van der Waals surface area contributed by atoms with Crippen LogP contribution in [0.5, 0.6) is 0 Å². The molecule has 0 unspecified atom stereocenters. The van der Waals surface area contributed by atoms with Crippen LogP contribution in [-0.2, 0) is 6.42 Å². The fourth-order valence-electron chi connectivity index (χ4n) is 1.97. The number of nitrogens with one attached hydrogen (secondary N) is 1. The highest BCUT2D eigenvalue weighted by Crippen LogP contribution is 2.25. The van der Waals surface area contributed by atoms with Gasteiger partial charge in [0.05, 0.1) is 5.69 Å². The number of hydrogen-bond donors (Lipinski definition) is 2. The summed E-state index contributed by atoms with van der Waals surface area (Å²) >= 11 is 0. The van der Waals surface area contributed by atoms with Gasteiger partial charge < -0.3 is 10.7 Å². The summed E-state index contributed by atoms with van der Waals surface area (Å²) in [4.78, 5) is 3.40. The van der Waals surface area contributed by atoms with Crippen molar-refractivity contribution in [2.24, 2.45) is 0 Å². The van der Waals surface area contributed by atoms with Crippen molar-refractivity contribution >= 4 is 16.6 Å². The Bertz CT molecular complexity index is 443. The molecule has 0 radical (unpaired) electrons. The van der Waals surface area contributed by atoms with E-state index in [-0.39, 0.29) is 0 Å². The molecule has 2 rings (SSSR count). The van der Waals surface area contributed by atoms with Crippen molar-refractivity contribution in [3.63, 3.8) is 0 Å². The summed E-state index contributed by atoms with van der Waals surface area (Å²) < 4.78 is 0. The number of rotatable bonds is 4. The quantitative estimate of drug-likeness (QED) is 0.732. The van der Waals surface area contributed by atoms with Gasteiger partial charge in [0.25, 0.3) is 0 Å². The maximum absolute atomic E-state index is 6.09. The first kappa shape index (κ1) is 10.1. The third kappa shape index (κ3) is 1.99. The fourth-order valence-corrected chi connectivity index (χ4v) is 1.97. The molecule has 2 nitrogen and oxygen atoms in total. The van der Waals surface area contributed by atoms with Crippen LogP contribution in [0.25, 0.3) is 10.9 Å². The highest BCUT2D eigenvalue weighted by Gasteiger charge is 2.06. The average molecular weight is 202 g/mol. The van der Waals surface area contributed by atoms with Crippen LogP contribution in [0.2, 0.25) is 0 Å². The van der Waals surface area contributed by atoms with Gasteiger partial charge >= 0.3 is 0 Å². The van der Waals surface area contributed by atoms with E-state index in [2.05, 4.69) is 24.0 Å². The van der Waals surface area contributed by atoms with Crippen LogP contribution in [0.15, 0.2) is 24.3 Å². The second-order valence-corrected chi connectivity index (χ2v) is 4.02. The molecule has 0 amide bonds. The fraction of sp³-hybridized carbons (Fsp3) is 0.385. The molecule has 0 spiro atoms. The second kappa shape index (κ2) is 4.39. The number of nitrogens with two attached hydrogens (primary N) is 1. The van der Waals surface area contributed by atoms with Crippen molar-refractivity contribution < 1.29 is 0 Å². The van der Waals surface area contributed by atoms with Crippen molar-refractivity contribution in [1.82, 2.24) is 4.98 Å². The van der Waals surface area contributed by atoms with Crippen LogP contribution >= 0.6 is 0 Å². The Balaban J connectivity index is 2.24. The molecule has 0 bridgehead atoms. The van der Waals surface area contributed by atoms with Gasteiger partial charge in [-0.1, -0.05) is 38.0 Å². The van der Waals surface area contributed by atoms with Gasteiger partial charge in [0.15, 0.2) is 0 Å². The predicted octanol–water partition coefficient (Wildman–Crippen LogP) is 3.48. The van der Waals surface area contributed by atoms with Crippen LogP contribution in [0, 0.1) is 0 Å². The Kier molecular flexibility index (Phi) is 2.95. The first-order chi connectivity index (χ1) is 7.33. The Morgan fingerprint density at radius 2 is 2.00 bits per heavy atom. The van der Waals surface area contributed by atoms with Gasteiger partial charge in [-0.3, -0.25) is 0 Å². The number of unbranched alkanes of at least 4 members (excludes halogenated alkanes) is 2. The minimum absolute atomic E-state index is 0.932. The van der Waals surface area contributed by atoms with Gasteiger partial charge in [-0.25, -0.2) is 0 Å². The van der Waals surface area contributed by atoms with E-state index >= 15 is 0 Å². The molecule has 1 heterocycles. The highest BCUT2D eigenvalue weighted by atomic mass is 14.8. The van der Waals surface area contributed by atoms with E-state index in [1.165, 1.54) is 25.0 Å². The van der Waals surface area contributed by atoms with E-state index in [4.69, 9.17) is 5.73 Å². The van der Waals surface area contributed by atoms with E-state index in [0.717, 1.165) is 23.0 Å². The maximum Gasteiger partial charge on any atom is 0.0605 e. The second-order valence-electron chi connectivity index (χ2n) is 4.02. The lowest BCUT2D eigenvalue weighted by molar-refractivity contribution is 0.711. The van der Waals surface area contributed by atoms with Crippen molar-refractivity contribution in [2.75, 3.05) is 5.73 Å². The molecule has 0 aliphatic carbocycles. The van der Waals surface area contributed by atoms with Gasteiger partial charge in [0.2, 0.25) is 0 Å². The van der Waals surface area contributed by atoms with Gasteiger partial charge in [0.1, 0.15) is 0 Å². The summed E-state index contributed by atoms with van der Waals surface area (Å²) in [6.45, 7) is 2.22. The third-order valence-corrected chi connectivity index (χ3v) is 2.86. The summed E-state index contributed by atoms with van der Waals surface area (Å²) in [5, 5.41) is 1.16. The average Bonchev–Trinajstić information content (AvgIpc) is 2.57. The Labute approximate surface area is 90.5 Å². The molecule has 0 saturated heterocycles. The zero-order valence-corrected chi connectivity index (χ0v) is 9.22. The number of aromatic amines is 1. The zero-order chi connectivity index (χ0) is 10.7. The predicted molar refractivity (Wildman–Crippen MR) is 65.9 cm³/mol. The molecule has 0 saturated carbocycles. The summed E-state index contributed by atoms with van der Waals surface area (Å²) in [6, 6.07) is 8.22. The van der Waals surface area contributed by atoms with Crippen molar-refractivity contribution in [3.8, 4) is 0 Å². The van der Waals surface area contributed by atoms with Crippen LogP contribution < -0.4 is 5.73 Å². The molecule has 2 heteroatoms. The largest absolute Gasteiger partial charge is 0.397 e. The number of aryl methyl sites for hydroxylation is 1. The molecular formula is C13H18N2. The van der Waals surface area contributed by atoms with Crippen LogP contribution in [0.4, 0.5) is 5.69 Å². The molecule has 0 aliphatic rings. The molecule has 2 aromatic rings. The van der Waals surface area contributed by atoms with Gasteiger partial charge in [-0.05, 0) is 18.9 Å². The van der Waals surface area contributed by atoms with Gasteiger partial charge in [-0.2, -0.15) is 0 Å². The van der Waals surface area contributed by atoms with E-state index in [1.807, 2.05) is 12.1 Å². The molecular weight excluding hydrogens is 184 g/mol. The van der Waals surface area contributed by atoms with Crippen LogP contribution in [0.1, 0.15) is 31.9 Å². The topological polar surface area (TPSA) is 41.8 Å². The zero-order valence-electron chi connectivity index (χ0n) is 9.22. The Hall–Kier alpha value is -1.44. The lowest BCUT2D eigenvalue weighted by atomic mass is 10.1. The van der Waals surface area contributed by atoms with Crippen molar-refractivity contribution in [2.45, 2.75) is 32.6 Å². The summed E-state index contributed by atoms with van der Waals surface area (Å²) in [7, 11) is 0.